The molecule has 0 spiro atoms. The van der Waals surface area contributed by atoms with Crippen LogP contribution < -0.4 is 10.1 Å². The van der Waals surface area contributed by atoms with Gasteiger partial charge < -0.3 is 15.2 Å². The van der Waals surface area contributed by atoms with Crippen molar-refractivity contribution in [1.29, 1.82) is 0 Å². The number of nitrogens with one attached hydrogen (secondary N) is 1. The number of thioether (sulfide) groups is 1. The van der Waals surface area contributed by atoms with Crippen molar-refractivity contribution in [3.8, 4) is 5.75 Å². The van der Waals surface area contributed by atoms with Crippen LogP contribution in [0.1, 0.15) is 10.4 Å². The summed E-state index contributed by atoms with van der Waals surface area (Å²) in [4.78, 5) is 19.4. The lowest BCUT2D eigenvalue weighted by atomic mass is 10.2. The Morgan fingerprint density at radius 3 is 2.80 bits per heavy atom. The molecule has 0 radical (unpaired) electrons. The van der Waals surface area contributed by atoms with E-state index in [1.807, 2.05) is 18.4 Å². The molecule has 2 aromatic rings. The Bertz CT molecular complexity index is 634. The number of para-hydroxylation sites is 2. The van der Waals surface area contributed by atoms with Crippen LogP contribution in [-0.2, 0) is 0 Å². The Morgan fingerprint density at radius 1 is 1.40 bits per heavy atom. The number of carboxylic acid groups (broad SMARTS) is 1. The molecule has 7 heteroatoms. The van der Waals surface area contributed by atoms with Crippen molar-refractivity contribution >= 4 is 29.2 Å². The summed E-state index contributed by atoms with van der Waals surface area (Å²) >= 11 is 1.34. The Hall–Kier alpha value is -2.28. The van der Waals surface area contributed by atoms with Crippen molar-refractivity contribution in [2.75, 3.05) is 18.7 Å². The number of methoxy groups -OCH3 is 1. The summed E-state index contributed by atoms with van der Waals surface area (Å²) in [5.41, 5.74) is 0.650. The quantitative estimate of drug-likeness (QED) is 0.647. The molecule has 2 N–H and O–H groups in total. The Balaban J connectivity index is 2.43. The highest BCUT2D eigenvalue weighted by Crippen LogP contribution is 2.28. The fourth-order valence-electron chi connectivity index (χ4n) is 1.59. The van der Waals surface area contributed by atoms with Gasteiger partial charge in [-0.05, 0) is 18.4 Å². The Morgan fingerprint density at radius 2 is 2.15 bits per heavy atom. The van der Waals surface area contributed by atoms with Gasteiger partial charge in [0, 0.05) is 6.20 Å². The summed E-state index contributed by atoms with van der Waals surface area (Å²) in [6.45, 7) is 0. The molecule has 0 unspecified atom stereocenters. The van der Waals surface area contributed by atoms with Gasteiger partial charge >= 0.3 is 5.97 Å². The first kappa shape index (κ1) is 14.1. The summed E-state index contributed by atoms with van der Waals surface area (Å²) in [7, 11) is 1.55. The van der Waals surface area contributed by atoms with E-state index in [-0.39, 0.29) is 11.4 Å². The van der Waals surface area contributed by atoms with Gasteiger partial charge in [0.05, 0.1) is 12.8 Å². The number of carboxylic acids is 1. The molecule has 0 amide bonds. The molecular weight excluding hydrogens is 278 g/mol. The maximum absolute atomic E-state index is 11.2. The highest BCUT2D eigenvalue weighted by molar-refractivity contribution is 7.98. The number of benzene rings is 1. The number of hydrogen-bond acceptors (Lipinski definition) is 6. The van der Waals surface area contributed by atoms with Crippen LogP contribution in [0, 0.1) is 0 Å². The topological polar surface area (TPSA) is 84.3 Å². The van der Waals surface area contributed by atoms with Crippen molar-refractivity contribution in [3.63, 3.8) is 0 Å². The normalized spacial score (nSPS) is 10.1. The summed E-state index contributed by atoms with van der Waals surface area (Å²) in [6, 6.07) is 7.21. The van der Waals surface area contributed by atoms with E-state index in [2.05, 4.69) is 15.3 Å². The molecule has 20 heavy (non-hydrogen) atoms. The third-order valence-corrected chi connectivity index (χ3v) is 3.10. The van der Waals surface area contributed by atoms with Crippen LogP contribution >= 0.6 is 11.8 Å². The molecule has 0 aliphatic heterocycles. The molecule has 1 aromatic carbocycles. The molecular formula is C13H13N3O3S. The lowest BCUT2D eigenvalue weighted by Gasteiger charge is -2.12. The Kier molecular flexibility index (Phi) is 4.41. The van der Waals surface area contributed by atoms with Crippen molar-refractivity contribution in [2.45, 2.75) is 5.16 Å². The van der Waals surface area contributed by atoms with Gasteiger partial charge in [0.25, 0.3) is 0 Å². The van der Waals surface area contributed by atoms with Gasteiger partial charge in [-0.2, -0.15) is 0 Å². The molecule has 0 aliphatic rings. The average molecular weight is 291 g/mol. The van der Waals surface area contributed by atoms with Crippen LogP contribution in [0.25, 0.3) is 0 Å². The predicted octanol–water partition coefficient (Wildman–Crippen LogP) is 2.65. The summed E-state index contributed by atoms with van der Waals surface area (Å²) in [5.74, 6) is -0.246. The molecule has 0 saturated heterocycles. The van der Waals surface area contributed by atoms with E-state index < -0.39 is 5.97 Å². The van der Waals surface area contributed by atoms with Crippen LogP contribution in [0.4, 0.5) is 11.5 Å². The minimum absolute atomic E-state index is 0.00806. The van der Waals surface area contributed by atoms with Crippen LogP contribution in [0.5, 0.6) is 5.75 Å². The van der Waals surface area contributed by atoms with E-state index in [9.17, 15) is 9.90 Å². The van der Waals surface area contributed by atoms with Crippen molar-refractivity contribution in [1.82, 2.24) is 9.97 Å². The molecule has 6 nitrogen and oxygen atoms in total. The zero-order valence-corrected chi connectivity index (χ0v) is 11.8. The zero-order valence-electron chi connectivity index (χ0n) is 11.0. The van der Waals surface area contributed by atoms with Crippen molar-refractivity contribution in [2.24, 2.45) is 0 Å². The van der Waals surface area contributed by atoms with E-state index in [1.54, 1.807) is 19.2 Å². The molecule has 1 heterocycles. The number of carbonyl (C=O) groups is 1. The smallest absolute Gasteiger partial charge is 0.341 e. The monoisotopic (exact) mass is 291 g/mol. The largest absolute Gasteiger partial charge is 0.495 e. The summed E-state index contributed by atoms with van der Waals surface area (Å²) in [5, 5.41) is 12.6. The van der Waals surface area contributed by atoms with E-state index in [1.165, 1.54) is 18.0 Å². The number of anilines is 2. The van der Waals surface area contributed by atoms with Crippen LogP contribution in [0.3, 0.4) is 0 Å². The first-order chi connectivity index (χ1) is 9.65. The van der Waals surface area contributed by atoms with Gasteiger partial charge in [0.2, 0.25) is 0 Å². The van der Waals surface area contributed by atoms with Crippen LogP contribution in [0.2, 0.25) is 0 Å². The van der Waals surface area contributed by atoms with Gasteiger partial charge in [0.1, 0.15) is 17.1 Å². The number of aromatic carboxylic acids is 1. The third kappa shape index (κ3) is 3.00. The second-order valence-electron chi connectivity index (χ2n) is 3.75. The number of rotatable bonds is 5. The molecule has 0 aliphatic carbocycles. The lowest BCUT2D eigenvalue weighted by molar-refractivity contribution is 0.0697. The number of hydrogen-bond donors (Lipinski definition) is 2. The molecule has 0 bridgehead atoms. The van der Waals surface area contributed by atoms with Gasteiger partial charge in [-0.15, -0.1) is 0 Å². The minimum Gasteiger partial charge on any atom is -0.495 e. The lowest BCUT2D eigenvalue weighted by Crippen LogP contribution is -2.07. The van der Waals surface area contributed by atoms with E-state index in [0.717, 1.165) is 0 Å². The number of aromatic nitrogens is 2. The first-order valence-electron chi connectivity index (χ1n) is 5.70. The molecule has 0 fully saturated rings. The van der Waals surface area contributed by atoms with E-state index in [4.69, 9.17) is 4.74 Å². The van der Waals surface area contributed by atoms with Gasteiger partial charge in [-0.25, -0.2) is 14.8 Å². The highest BCUT2D eigenvalue weighted by Gasteiger charge is 2.15. The second kappa shape index (κ2) is 6.25. The molecule has 104 valence electrons. The minimum atomic E-state index is -1.09. The summed E-state index contributed by atoms with van der Waals surface area (Å²) < 4.78 is 5.22. The summed E-state index contributed by atoms with van der Waals surface area (Å²) in [6.07, 6.45) is 3.11. The van der Waals surface area contributed by atoms with Gasteiger partial charge in [0.15, 0.2) is 5.16 Å². The first-order valence-corrected chi connectivity index (χ1v) is 6.92. The zero-order chi connectivity index (χ0) is 14.5. The van der Waals surface area contributed by atoms with Gasteiger partial charge in [-0.1, -0.05) is 23.9 Å². The average Bonchev–Trinajstić information content (AvgIpc) is 2.47. The standard InChI is InChI=1S/C13H13N3O3S/c1-19-10-6-4-3-5-9(10)15-11-8(12(17)18)7-14-13(16-11)20-2/h3-7H,1-2H3,(H,17,18)(H,14,15,16). The highest BCUT2D eigenvalue weighted by atomic mass is 32.2. The molecule has 0 saturated carbocycles. The fraction of sp³-hybridized carbons (Fsp3) is 0.154. The fourth-order valence-corrected chi connectivity index (χ4v) is 1.93. The third-order valence-electron chi connectivity index (χ3n) is 2.54. The molecule has 2 rings (SSSR count). The van der Waals surface area contributed by atoms with Crippen LogP contribution in [0.15, 0.2) is 35.6 Å². The molecule has 0 atom stereocenters. The molecule has 1 aromatic heterocycles. The second-order valence-corrected chi connectivity index (χ2v) is 4.52. The predicted molar refractivity (Wildman–Crippen MR) is 77.0 cm³/mol. The van der Waals surface area contributed by atoms with Crippen molar-refractivity contribution < 1.29 is 14.6 Å². The van der Waals surface area contributed by atoms with E-state index >= 15 is 0 Å². The van der Waals surface area contributed by atoms with Gasteiger partial charge in [-0.3, -0.25) is 0 Å². The number of ether oxygens (including phenoxy) is 1. The Labute approximate surface area is 120 Å². The van der Waals surface area contributed by atoms with E-state index in [0.29, 0.717) is 16.6 Å². The number of nitrogens with zero attached hydrogens (tertiary/aromatic N) is 2. The van der Waals surface area contributed by atoms with Crippen LogP contribution in [-0.4, -0.2) is 34.4 Å². The maximum Gasteiger partial charge on any atom is 0.341 e. The maximum atomic E-state index is 11.2. The SMILES string of the molecule is COc1ccccc1Nc1nc(SC)ncc1C(=O)O. The van der Waals surface area contributed by atoms with Crippen molar-refractivity contribution in [3.05, 3.63) is 36.0 Å².